The van der Waals surface area contributed by atoms with E-state index in [2.05, 4.69) is 10.3 Å². The molecule has 0 bridgehead atoms. The van der Waals surface area contributed by atoms with Gasteiger partial charge < -0.3 is 20.6 Å². The number of phenols is 1. The van der Waals surface area contributed by atoms with Crippen LogP contribution in [0.5, 0.6) is 5.75 Å². The van der Waals surface area contributed by atoms with Gasteiger partial charge in [0.15, 0.2) is 5.16 Å². The molecule has 1 amide bonds. The van der Waals surface area contributed by atoms with Gasteiger partial charge in [0.05, 0.1) is 17.1 Å². The molecule has 7 nitrogen and oxygen atoms in total. The highest BCUT2D eigenvalue weighted by atomic mass is 35.5. The molecule has 0 spiro atoms. The van der Waals surface area contributed by atoms with E-state index in [-0.39, 0.29) is 58.0 Å². The topological polar surface area (TPSA) is 108 Å². The van der Waals surface area contributed by atoms with E-state index in [0.29, 0.717) is 16.5 Å². The van der Waals surface area contributed by atoms with Gasteiger partial charge in [0, 0.05) is 42.0 Å². The van der Waals surface area contributed by atoms with Crippen molar-refractivity contribution in [3.63, 3.8) is 0 Å². The number of aromatic hydroxyl groups is 1. The fourth-order valence-electron chi connectivity index (χ4n) is 3.94. The van der Waals surface area contributed by atoms with Crippen LogP contribution in [0.3, 0.4) is 0 Å². The van der Waals surface area contributed by atoms with Crippen molar-refractivity contribution in [2.45, 2.75) is 30.4 Å². The number of aliphatic hydroxyl groups is 2. The first-order valence-corrected chi connectivity index (χ1v) is 12.9. The number of rotatable bonds is 9. The van der Waals surface area contributed by atoms with E-state index in [0.717, 1.165) is 11.8 Å². The van der Waals surface area contributed by atoms with Crippen LogP contribution in [0.2, 0.25) is 5.02 Å². The second-order valence-electron chi connectivity index (χ2n) is 8.36. The Bertz CT molecular complexity index is 1440. The Morgan fingerprint density at radius 3 is 2.53 bits per heavy atom. The quantitative estimate of drug-likeness (QED) is 0.162. The summed E-state index contributed by atoms with van der Waals surface area (Å²) in [5.41, 5.74) is 1.84. The van der Waals surface area contributed by atoms with Crippen LogP contribution in [-0.2, 0) is 17.0 Å². The average molecular weight is 560 g/mol. The van der Waals surface area contributed by atoms with Gasteiger partial charge >= 0.3 is 0 Å². The first kappa shape index (κ1) is 27.6. The number of hydrogen-bond acceptors (Lipinski definition) is 6. The minimum Gasteiger partial charge on any atom is -0.506 e. The number of anilines is 1. The van der Waals surface area contributed by atoms with Crippen molar-refractivity contribution in [1.29, 1.82) is 0 Å². The number of hydrogen-bond donors (Lipinski definition) is 4. The maximum Gasteiger partial charge on any atom is 0.221 e. The Morgan fingerprint density at radius 2 is 1.89 bits per heavy atom. The van der Waals surface area contributed by atoms with Crippen molar-refractivity contribution in [1.82, 2.24) is 9.55 Å². The highest BCUT2D eigenvalue weighted by Gasteiger charge is 2.26. The van der Waals surface area contributed by atoms with E-state index in [1.165, 1.54) is 61.5 Å². The van der Waals surface area contributed by atoms with Crippen LogP contribution >= 0.6 is 23.4 Å². The third-order valence-electron chi connectivity index (χ3n) is 5.71. The summed E-state index contributed by atoms with van der Waals surface area (Å²) < 4.78 is 29.8. The minimum absolute atomic E-state index is 0.0879. The molecule has 0 aliphatic rings. The monoisotopic (exact) mass is 559 g/mol. The molecule has 0 aliphatic carbocycles. The van der Waals surface area contributed by atoms with Crippen molar-refractivity contribution in [3.8, 4) is 11.4 Å². The smallest absolute Gasteiger partial charge is 0.221 e. The zero-order chi connectivity index (χ0) is 27.4. The Labute approximate surface area is 226 Å². The summed E-state index contributed by atoms with van der Waals surface area (Å²) in [5.74, 6) is -1.45. The average Bonchev–Trinajstić information content (AvgIpc) is 3.23. The molecule has 11 heteroatoms. The summed E-state index contributed by atoms with van der Waals surface area (Å²) in [7, 11) is 0. The molecule has 4 rings (SSSR count). The minimum atomic E-state index is -1.34. The predicted molar refractivity (Wildman–Crippen MR) is 142 cm³/mol. The van der Waals surface area contributed by atoms with Crippen molar-refractivity contribution < 1.29 is 28.9 Å². The fraction of sp³-hybridized carbons (Fsp3) is 0.185. The van der Waals surface area contributed by atoms with Crippen LogP contribution in [0.25, 0.3) is 5.69 Å². The Balaban J connectivity index is 1.83. The van der Waals surface area contributed by atoms with E-state index in [1.54, 1.807) is 10.6 Å². The number of nitrogens with zero attached hydrogens (tertiary/aromatic N) is 2. The number of nitrogens with one attached hydrogen (secondary N) is 1. The first-order chi connectivity index (χ1) is 18.2. The van der Waals surface area contributed by atoms with Gasteiger partial charge in [0.1, 0.15) is 23.5 Å². The van der Waals surface area contributed by atoms with E-state index in [1.807, 2.05) is 0 Å². The molecule has 4 N–H and O–H groups in total. The number of benzene rings is 3. The number of carbonyl (C=O) groups is 1. The van der Waals surface area contributed by atoms with E-state index < -0.39 is 17.7 Å². The number of halogens is 3. The van der Waals surface area contributed by atoms with Gasteiger partial charge in [-0.25, -0.2) is 13.8 Å². The number of aromatic nitrogens is 2. The van der Waals surface area contributed by atoms with Crippen molar-refractivity contribution >= 4 is 35.0 Å². The molecule has 4 aromatic rings. The lowest BCUT2D eigenvalue weighted by atomic mass is 10.0. The van der Waals surface area contributed by atoms with Crippen LogP contribution in [0.4, 0.5) is 14.5 Å². The van der Waals surface area contributed by atoms with Gasteiger partial charge in [-0.1, -0.05) is 35.5 Å². The summed E-state index contributed by atoms with van der Waals surface area (Å²) in [6.07, 6.45) is -1.25. The Kier molecular flexibility index (Phi) is 8.68. The highest BCUT2D eigenvalue weighted by Crippen LogP contribution is 2.37. The number of thioether (sulfide) groups is 1. The van der Waals surface area contributed by atoms with Crippen LogP contribution in [0, 0.1) is 11.6 Å². The molecule has 0 saturated carbocycles. The maximum absolute atomic E-state index is 14.4. The van der Waals surface area contributed by atoms with Gasteiger partial charge in [0.2, 0.25) is 5.91 Å². The van der Waals surface area contributed by atoms with Crippen LogP contribution < -0.4 is 5.32 Å². The lowest BCUT2D eigenvalue weighted by Gasteiger charge is -2.19. The van der Waals surface area contributed by atoms with Crippen molar-refractivity contribution in [2.75, 3.05) is 11.9 Å². The standard InChI is InChI=1S/C27H24ClF2N3O4S/c1-15(35)31-22-10-5-16(13-24(22)36)26(37)25-23(11-12-34)32-27(33(25)18-8-6-17(29)7-9-18)38-14-19-20(28)3-2-4-21(19)30/h2-10,13,26,34,36-37H,11-12,14H2,1H3,(H,31,35). The van der Waals surface area contributed by atoms with Gasteiger partial charge in [-0.2, -0.15) is 0 Å². The lowest BCUT2D eigenvalue weighted by molar-refractivity contribution is -0.114. The summed E-state index contributed by atoms with van der Waals surface area (Å²) in [6.45, 7) is 1.04. The Morgan fingerprint density at radius 1 is 1.16 bits per heavy atom. The first-order valence-electron chi connectivity index (χ1n) is 11.5. The Hall–Kier alpha value is -3.44. The molecule has 1 unspecified atom stereocenters. The summed E-state index contributed by atoms with van der Waals surface area (Å²) >= 11 is 7.36. The third kappa shape index (κ3) is 5.99. The summed E-state index contributed by atoms with van der Waals surface area (Å²) in [4.78, 5) is 16.0. The van der Waals surface area contributed by atoms with Gasteiger partial charge in [-0.15, -0.1) is 0 Å². The highest BCUT2D eigenvalue weighted by molar-refractivity contribution is 7.98. The second-order valence-corrected chi connectivity index (χ2v) is 9.71. The van der Waals surface area contributed by atoms with Gasteiger partial charge in [-0.3, -0.25) is 9.36 Å². The molecule has 0 saturated heterocycles. The molecule has 0 fully saturated rings. The van der Waals surface area contributed by atoms with Gasteiger partial charge in [0.25, 0.3) is 0 Å². The second kappa shape index (κ2) is 12.0. The van der Waals surface area contributed by atoms with E-state index in [9.17, 15) is 28.9 Å². The molecule has 3 aromatic carbocycles. The molecular weight excluding hydrogens is 536 g/mol. The zero-order valence-corrected chi connectivity index (χ0v) is 21.7. The lowest BCUT2D eigenvalue weighted by Crippen LogP contribution is -2.12. The van der Waals surface area contributed by atoms with Crippen molar-refractivity contribution in [3.05, 3.63) is 99.8 Å². The van der Waals surface area contributed by atoms with Crippen LogP contribution in [-0.4, -0.2) is 37.4 Å². The van der Waals surface area contributed by atoms with E-state index >= 15 is 0 Å². The number of carbonyl (C=O) groups excluding carboxylic acids is 1. The predicted octanol–water partition coefficient (Wildman–Crippen LogP) is 5.38. The number of amides is 1. The SMILES string of the molecule is CC(=O)Nc1ccc(C(O)c2c(CCO)nc(SCc3c(F)cccc3Cl)n2-c2ccc(F)cc2)cc1O. The van der Waals surface area contributed by atoms with Gasteiger partial charge in [-0.05, 0) is 54.1 Å². The normalized spacial score (nSPS) is 11.9. The number of aliphatic hydroxyl groups excluding tert-OH is 2. The molecule has 0 aliphatic heterocycles. The van der Waals surface area contributed by atoms with E-state index in [4.69, 9.17) is 11.6 Å². The number of imidazole rings is 1. The third-order valence-corrected chi connectivity index (χ3v) is 7.03. The van der Waals surface area contributed by atoms with Crippen LogP contribution in [0.15, 0.2) is 65.8 Å². The number of phenolic OH excluding ortho intramolecular Hbond substituents is 1. The molecule has 1 aromatic heterocycles. The molecule has 0 radical (unpaired) electrons. The molecule has 1 heterocycles. The fourth-order valence-corrected chi connectivity index (χ4v) is 5.32. The largest absolute Gasteiger partial charge is 0.506 e. The molecular formula is C27H24ClF2N3O4S. The molecule has 1 atom stereocenters. The zero-order valence-electron chi connectivity index (χ0n) is 20.2. The van der Waals surface area contributed by atoms with Crippen LogP contribution in [0.1, 0.15) is 35.5 Å². The summed E-state index contributed by atoms with van der Waals surface area (Å²) in [6, 6.07) is 14.2. The molecule has 38 heavy (non-hydrogen) atoms. The van der Waals surface area contributed by atoms with Crippen molar-refractivity contribution in [2.24, 2.45) is 0 Å². The maximum atomic E-state index is 14.4. The summed E-state index contributed by atoms with van der Waals surface area (Å²) in [5, 5.41) is 34.7. The molecule has 198 valence electrons.